The Labute approximate surface area is 82.1 Å². The Morgan fingerprint density at radius 1 is 0.929 bits per heavy atom. The molecule has 0 saturated carbocycles. The van der Waals surface area contributed by atoms with Crippen LogP contribution in [0.2, 0.25) is 0 Å². The van der Waals surface area contributed by atoms with Crippen LogP contribution in [0.25, 0.3) is 11.4 Å². The van der Waals surface area contributed by atoms with Crippen LogP contribution >= 0.6 is 0 Å². The van der Waals surface area contributed by atoms with E-state index in [9.17, 15) is 0 Å². The van der Waals surface area contributed by atoms with Crippen molar-refractivity contribution in [1.29, 1.82) is 0 Å². The van der Waals surface area contributed by atoms with Gasteiger partial charge in [0.05, 0.1) is 17.6 Å². The van der Waals surface area contributed by atoms with Crippen LogP contribution in [0.15, 0.2) is 36.7 Å². The molecule has 0 fully saturated rings. The lowest BCUT2D eigenvalue weighted by molar-refractivity contribution is 0.473. The normalized spacial score (nSPS) is 10.1. The summed E-state index contributed by atoms with van der Waals surface area (Å²) in [7, 11) is 0. The lowest BCUT2D eigenvalue weighted by Crippen LogP contribution is -1.86. The Kier molecular flexibility index (Phi) is 2.14. The Morgan fingerprint density at radius 2 is 1.57 bits per heavy atom. The molecule has 0 aliphatic carbocycles. The van der Waals surface area contributed by atoms with E-state index >= 15 is 0 Å². The van der Waals surface area contributed by atoms with Gasteiger partial charge in [0.1, 0.15) is 5.75 Å². The summed E-state index contributed by atoms with van der Waals surface area (Å²) in [5.74, 6) is 0.167. The maximum absolute atomic E-state index is 9.06. The first-order valence-electron chi connectivity index (χ1n) is 4.34. The van der Waals surface area contributed by atoms with Gasteiger partial charge >= 0.3 is 0 Å². The summed E-state index contributed by atoms with van der Waals surface area (Å²) >= 11 is 0. The number of aromatic hydroxyl groups is 1. The number of nitrogens with zero attached hydrogens (tertiary/aromatic N) is 2. The molecule has 0 atom stereocenters. The van der Waals surface area contributed by atoms with Gasteiger partial charge in [0.2, 0.25) is 0 Å². The molecule has 0 aromatic carbocycles. The highest BCUT2D eigenvalue weighted by Crippen LogP contribution is 2.16. The van der Waals surface area contributed by atoms with Crippen molar-refractivity contribution in [3.05, 3.63) is 42.2 Å². The van der Waals surface area contributed by atoms with Crippen molar-refractivity contribution in [2.45, 2.75) is 6.92 Å². The molecule has 0 radical (unpaired) electrons. The van der Waals surface area contributed by atoms with Crippen LogP contribution < -0.4 is 0 Å². The van der Waals surface area contributed by atoms with Gasteiger partial charge in [-0.3, -0.25) is 9.97 Å². The van der Waals surface area contributed by atoms with Crippen molar-refractivity contribution in [1.82, 2.24) is 9.97 Å². The van der Waals surface area contributed by atoms with Gasteiger partial charge in [-0.2, -0.15) is 0 Å². The van der Waals surface area contributed by atoms with Crippen molar-refractivity contribution in [2.24, 2.45) is 0 Å². The molecule has 1 N–H and O–H groups in total. The summed E-state index contributed by atoms with van der Waals surface area (Å²) in [5, 5.41) is 9.06. The first kappa shape index (κ1) is 8.69. The van der Waals surface area contributed by atoms with Crippen LogP contribution in [0.4, 0.5) is 0 Å². The minimum absolute atomic E-state index is 0.167. The van der Waals surface area contributed by atoms with E-state index in [4.69, 9.17) is 5.11 Å². The molecule has 0 saturated heterocycles. The van der Waals surface area contributed by atoms with E-state index in [1.54, 1.807) is 18.3 Å². The molecule has 0 aliphatic rings. The third kappa shape index (κ3) is 1.71. The molecule has 0 aliphatic heterocycles. The van der Waals surface area contributed by atoms with Crippen LogP contribution in [-0.4, -0.2) is 15.1 Å². The summed E-state index contributed by atoms with van der Waals surface area (Å²) < 4.78 is 0. The molecule has 3 heteroatoms. The lowest BCUT2D eigenvalue weighted by Gasteiger charge is -1.99. The van der Waals surface area contributed by atoms with Crippen molar-refractivity contribution in [2.75, 3.05) is 0 Å². The van der Waals surface area contributed by atoms with Gasteiger partial charge < -0.3 is 5.11 Å². The van der Waals surface area contributed by atoms with E-state index in [2.05, 4.69) is 9.97 Å². The lowest BCUT2D eigenvalue weighted by atomic mass is 10.2. The fourth-order valence-electron chi connectivity index (χ4n) is 1.16. The topological polar surface area (TPSA) is 46.0 Å². The number of pyridine rings is 2. The van der Waals surface area contributed by atoms with E-state index in [-0.39, 0.29) is 5.75 Å². The second-order valence-corrected chi connectivity index (χ2v) is 3.12. The second-order valence-electron chi connectivity index (χ2n) is 3.12. The third-order valence-electron chi connectivity index (χ3n) is 1.92. The molecule has 3 nitrogen and oxygen atoms in total. The minimum Gasteiger partial charge on any atom is -0.506 e. The average Bonchev–Trinajstić information content (AvgIpc) is 2.21. The van der Waals surface area contributed by atoms with Crippen molar-refractivity contribution in [3.63, 3.8) is 0 Å². The highest BCUT2D eigenvalue weighted by Gasteiger charge is 1.99. The summed E-state index contributed by atoms with van der Waals surface area (Å²) in [6, 6.07) is 7.24. The molecular weight excluding hydrogens is 176 g/mol. The van der Waals surface area contributed by atoms with Crippen molar-refractivity contribution < 1.29 is 5.11 Å². The highest BCUT2D eigenvalue weighted by molar-refractivity contribution is 5.54. The fraction of sp³-hybridized carbons (Fsp3) is 0.0909. The van der Waals surface area contributed by atoms with Crippen LogP contribution in [0.3, 0.4) is 0 Å². The fourth-order valence-corrected chi connectivity index (χ4v) is 1.16. The quantitative estimate of drug-likeness (QED) is 0.742. The molecule has 70 valence electrons. The summed E-state index contributed by atoms with van der Waals surface area (Å²) in [6.07, 6.45) is 3.21. The smallest absolute Gasteiger partial charge is 0.133 e. The second kappa shape index (κ2) is 3.46. The first-order chi connectivity index (χ1) is 6.75. The zero-order valence-electron chi connectivity index (χ0n) is 7.81. The first-order valence-corrected chi connectivity index (χ1v) is 4.34. The zero-order valence-corrected chi connectivity index (χ0v) is 7.81. The van der Waals surface area contributed by atoms with Gasteiger partial charge in [-0.15, -0.1) is 0 Å². The average molecular weight is 186 g/mol. The number of rotatable bonds is 1. The number of aryl methyl sites for hydroxylation is 1. The molecule has 0 spiro atoms. The molecular formula is C11H10N2O. The predicted molar refractivity (Wildman–Crippen MR) is 53.9 cm³/mol. The maximum atomic E-state index is 9.06. The van der Waals surface area contributed by atoms with Crippen LogP contribution in [0, 0.1) is 6.92 Å². The third-order valence-corrected chi connectivity index (χ3v) is 1.92. The van der Waals surface area contributed by atoms with E-state index in [1.807, 2.05) is 19.1 Å². The molecule has 0 unspecified atom stereocenters. The summed E-state index contributed by atoms with van der Waals surface area (Å²) in [4.78, 5) is 8.30. The predicted octanol–water partition coefficient (Wildman–Crippen LogP) is 2.16. The molecule has 2 aromatic heterocycles. The van der Waals surface area contributed by atoms with Gasteiger partial charge in [0.15, 0.2) is 0 Å². The van der Waals surface area contributed by atoms with Gasteiger partial charge in [0.25, 0.3) is 0 Å². The minimum atomic E-state index is 0.167. The number of hydrogen-bond donors (Lipinski definition) is 1. The molecule has 14 heavy (non-hydrogen) atoms. The largest absolute Gasteiger partial charge is 0.506 e. The molecule has 0 amide bonds. The zero-order chi connectivity index (χ0) is 9.97. The van der Waals surface area contributed by atoms with E-state index in [1.165, 1.54) is 6.20 Å². The van der Waals surface area contributed by atoms with Crippen LogP contribution in [0.1, 0.15) is 5.56 Å². The van der Waals surface area contributed by atoms with Crippen molar-refractivity contribution in [3.8, 4) is 17.1 Å². The van der Waals surface area contributed by atoms with Gasteiger partial charge in [-0.1, -0.05) is 6.07 Å². The van der Waals surface area contributed by atoms with E-state index in [0.29, 0.717) is 0 Å². The Bertz CT molecular complexity index is 377. The molecule has 2 rings (SSSR count). The van der Waals surface area contributed by atoms with Gasteiger partial charge in [0, 0.05) is 6.20 Å². The van der Waals surface area contributed by atoms with E-state index < -0.39 is 0 Å². The number of aromatic nitrogens is 2. The van der Waals surface area contributed by atoms with Crippen LogP contribution in [0.5, 0.6) is 5.75 Å². The van der Waals surface area contributed by atoms with E-state index in [0.717, 1.165) is 17.0 Å². The summed E-state index contributed by atoms with van der Waals surface area (Å²) in [5.41, 5.74) is 2.70. The Morgan fingerprint density at radius 3 is 2.07 bits per heavy atom. The Balaban J connectivity index is 2.40. The molecule has 0 bridgehead atoms. The molecule has 2 heterocycles. The monoisotopic (exact) mass is 186 g/mol. The van der Waals surface area contributed by atoms with Crippen LogP contribution in [-0.2, 0) is 0 Å². The molecule has 2 aromatic rings. The number of hydrogen-bond acceptors (Lipinski definition) is 3. The standard InChI is InChI=1S/C11H10N2O/c1-8-2-4-10(12-6-8)11-5-3-9(14)7-13-11/h2-7,14H,1H3. The summed E-state index contributed by atoms with van der Waals surface area (Å²) in [6.45, 7) is 1.99. The Hall–Kier alpha value is -1.90. The SMILES string of the molecule is Cc1ccc(-c2ccc(O)cn2)nc1. The van der Waals surface area contributed by atoms with Gasteiger partial charge in [-0.05, 0) is 30.7 Å². The highest BCUT2D eigenvalue weighted by atomic mass is 16.3. The van der Waals surface area contributed by atoms with Crippen molar-refractivity contribution >= 4 is 0 Å². The maximum Gasteiger partial charge on any atom is 0.133 e. The van der Waals surface area contributed by atoms with Gasteiger partial charge in [-0.25, -0.2) is 0 Å².